The first-order valence-electron chi connectivity index (χ1n) is 10.8. The fraction of sp³-hybridized carbons (Fsp3) is 0.440. The van der Waals surface area contributed by atoms with Gasteiger partial charge in [-0.15, -0.1) is 0 Å². The average Bonchev–Trinajstić information content (AvgIpc) is 2.64. The molecule has 2 nitrogen and oxygen atoms in total. The van der Waals surface area contributed by atoms with Crippen molar-refractivity contribution in [3.8, 4) is 11.5 Å². The van der Waals surface area contributed by atoms with Crippen molar-refractivity contribution in [2.24, 2.45) is 0 Å². The van der Waals surface area contributed by atoms with E-state index in [1.807, 2.05) is 24.3 Å². The first-order chi connectivity index (χ1) is 14.1. The summed E-state index contributed by atoms with van der Waals surface area (Å²) in [7, 11) is -2.08. The molecule has 0 atom stereocenters. The van der Waals surface area contributed by atoms with Crippen molar-refractivity contribution in [3.63, 3.8) is 0 Å². The zero-order valence-corrected chi connectivity index (χ0v) is 19.7. The lowest BCUT2D eigenvalue weighted by Crippen LogP contribution is -2.50. The molecule has 162 valence electrons. The number of benzene rings is 2. The smallest absolute Gasteiger partial charge is 0.258 e. The Morgan fingerprint density at radius 2 is 1.47 bits per heavy atom. The molecule has 1 aliphatic rings. The van der Waals surface area contributed by atoms with Crippen LogP contribution in [0.25, 0.3) is 5.57 Å². The van der Waals surface area contributed by atoms with E-state index in [1.165, 1.54) is 0 Å². The third kappa shape index (κ3) is 3.92. The topological polar surface area (TPSA) is 29.5 Å². The second kappa shape index (κ2) is 8.54. The summed E-state index contributed by atoms with van der Waals surface area (Å²) in [5, 5.41) is 9.48. The quantitative estimate of drug-likeness (QED) is 0.478. The van der Waals surface area contributed by atoms with Crippen LogP contribution in [0.2, 0.25) is 16.6 Å². The summed E-state index contributed by atoms with van der Waals surface area (Å²) < 4.78 is 35.8. The first kappa shape index (κ1) is 22.5. The summed E-state index contributed by atoms with van der Waals surface area (Å²) in [6, 6.07) is 7.82. The normalized spacial score (nSPS) is 14.3. The van der Waals surface area contributed by atoms with E-state index in [2.05, 4.69) is 41.5 Å². The van der Waals surface area contributed by atoms with Crippen LogP contribution < -0.4 is 4.43 Å². The van der Waals surface area contributed by atoms with E-state index < -0.39 is 25.7 Å². The van der Waals surface area contributed by atoms with E-state index in [0.29, 0.717) is 28.6 Å². The Morgan fingerprint density at radius 1 is 0.900 bits per heavy atom. The molecule has 0 saturated carbocycles. The number of rotatable bonds is 6. The van der Waals surface area contributed by atoms with Gasteiger partial charge < -0.3 is 9.53 Å². The minimum Gasteiger partial charge on any atom is -0.543 e. The Kier molecular flexibility index (Phi) is 6.42. The summed E-state index contributed by atoms with van der Waals surface area (Å²) in [4.78, 5) is 0. The molecule has 0 aliphatic heterocycles. The first-order valence-corrected chi connectivity index (χ1v) is 12.9. The highest BCUT2D eigenvalue weighted by molar-refractivity contribution is 6.78. The van der Waals surface area contributed by atoms with Gasteiger partial charge in [-0.3, -0.25) is 0 Å². The second-order valence-electron chi connectivity index (χ2n) is 9.18. The maximum atomic E-state index is 14.5. The fourth-order valence-electron chi connectivity index (χ4n) is 5.20. The zero-order valence-electron chi connectivity index (χ0n) is 18.7. The van der Waals surface area contributed by atoms with Crippen molar-refractivity contribution in [3.05, 3.63) is 64.7 Å². The number of fused-ring (bicyclic) bond motifs is 1. The van der Waals surface area contributed by atoms with Gasteiger partial charge in [-0.1, -0.05) is 53.7 Å². The number of halogens is 2. The molecule has 0 aromatic heterocycles. The fourth-order valence-corrected chi connectivity index (χ4v) is 10.4. The average molecular weight is 431 g/mol. The zero-order chi connectivity index (χ0) is 22.2. The Labute approximate surface area is 179 Å². The van der Waals surface area contributed by atoms with Gasteiger partial charge in [0.15, 0.2) is 0 Å². The molecule has 0 spiro atoms. The number of allylic oxidation sites excluding steroid dienone is 1. The molecule has 2 aromatic carbocycles. The molecular weight excluding hydrogens is 398 g/mol. The van der Waals surface area contributed by atoms with Crippen LogP contribution >= 0.6 is 0 Å². The largest absolute Gasteiger partial charge is 0.543 e. The molecule has 5 heteroatoms. The number of hydrogen-bond acceptors (Lipinski definition) is 2. The molecule has 1 aliphatic carbocycles. The van der Waals surface area contributed by atoms with Crippen molar-refractivity contribution in [2.75, 3.05) is 0 Å². The molecule has 0 heterocycles. The van der Waals surface area contributed by atoms with Gasteiger partial charge in [0, 0.05) is 12.1 Å². The third-order valence-electron chi connectivity index (χ3n) is 6.43. The van der Waals surface area contributed by atoms with Gasteiger partial charge in [-0.25, -0.2) is 8.78 Å². The number of aryl methyl sites for hydroxylation is 1. The monoisotopic (exact) mass is 430 g/mol. The highest BCUT2D eigenvalue weighted by Crippen LogP contribution is 2.44. The van der Waals surface area contributed by atoms with Crippen LogP contribution in [0.4, 0.5) is 8.78 Å². The highest BCUT2D eigenvalue weighted by atomic mass is 28.4. The molecule has 30 heavy (non-hydrogen) atoms. The van der Waals surface area contributed by atoms with Gasteiger partial charge in [0.1, 0.15) is 23.1 Å². The highest BCUT2D eigenvalue weighted by Gasteiger charge is 2.47. The van der Waals surface area contributed by atoms with Gasteiger partial charge >= 0.3 is 0 Å². The number of hydrogen-bond donors (Lipinski definition) is 1. The van der Waals surface area contributed by atoms with Crippen molar-refractivity contribution in [1.29, 1.82) is 0 Å². The molecule has 0 saturated heterocycles. The molecule has 0 fully saturated rings. The van der Waals surface area contributed by atoms with Gasteiger partial charge in [-0.2, -0.15) is 0 Å². The van der Waals surface area contributed by atoms with Crippen LogP contribution in [-0.4, -0.2) is 13.4 Å². The van der Waals surface area contributed by atoms with E-state index in [9.17, 15) is 13.9 Å². The van der Waals surface area contributed by atoms with Crippen LogP contribution in [-0.2, 0) is 6.42 Å². The van der Waals surface area contributed by atoms with Crippen molar-refractivity contribution in [2.45, 2.75) is 71.0 Å². The van der Waals surface area contributed by atoms with E-state index in [-0.39, 0.29) is 5.56 Å². The van der Waals surface area contributed by atoms with E-state index >= 15 is 0 Å². The van der Waals surface area contributed by atoms with Gasteiger partial charge in [0.05, 0.1) is 5.56 Å². The molecule has 0 amide bonds. The van der Waals surface area contributed by atoms with E-state index in [4.69, 9.17) is 4.43 Å². The van der Waals surface area contributed by atoms with Crippen LogP contribution in [0.1, 0.15) is 64.7 Å². The molecule has 2 aromatic rings. The number of phenols is 1. The summed E-state index contributed by atoms with van der Waals surface area (Å²) in [5.74, 6) is -1.06. The molecular formula is C25H32F2O2Si. The number of aromatic hydroxyl groups is 1. The Morgan fingerprint density at radius 3 is 2.00 bits per heavy atom. The molecule has 3 rings (SSSR count). The maximum absolute atomic E-state index is 14.5. The van der Waals surface area contributed by atoms with Crippen molar-refractivity contribution in [1.82, 2.24) is 0 Å². The van der Waals surface area contributed by atoms with Gasteiger partial charge in [0.2, 0.25) is 0 Å². The number of phenolic OH excluding ortho intramolecular Hbond substituents is 1. The lowest BCUT2D eigenvalue weighted by molar-refractivity contribution is 0.459. The SMILES string of the molecule is CC(C)[Si](Oc1ccc2c(c1)CCC=C2c1c(F)cc(O)cc1F)(C(C)C)C(C)C. The Hall–Kier alpha value is -2.14. The minimum absolute atomic E-state index is 0.0855. The summed E-state index contributed by atoms with van der Waals surface area (Å²) in [5.41, 5.74) is 3.70. The molecule has 0 radical (unpaired) electrons. The van der Waals surface area contributed by atoms with Gasteiger partial charge in [0.25, 0.3) is 8.32 Å². The van der Waals surface area contributed by atoms with E-state index in [0.717, 1.165) is 35.4 Å². The molecule has 1 N–H and O–H groups in total. The van der Waals surface area contributed by atoms with Crippen LogP contribution in [0.3, 0.4) is 0 Å². The van der Waals surface area contributed by atoms with Crippen molar-refractivity contribution < 1.29 is 18.3 Å². The third-order valence-corrected chi connectivity index (χ3v) is 12.4. The van der Waals surface area contributed by atoms with E-state index in [1.54, 1.807) is 0 Å². The van der Waals surface area contributed by atoms with Crippen LogP contribution in [0, 0.1) is 11.6 Å². The second-order valence-corrected chi connectivity index (χ2v) is 14.6. The predicted octanol–water partition coefficient (Wildman–Crippen LogP) is 7.60. The Balaban J connectivity index is 2.02. The summed E-state index contributed by atoms with van der Waals surface area (Å²) in [6.07, 6.45) is 3.38. The molecule has 0 unspecified atom stereocenters. The van der Waals surface area contributed by atoms with Crippen LogP contribution in [0.5, 0.6) is 11.5 Å². The lowest BCUT2D eigenvalue weighted by atomic mass is 9.86. The summed E-state index contributed by atoms with van der Waals surface area (Å²) >= 11 is 0. The summed E-state index contributed by atoms with van der Waals surface area (Å²) in [6.45, 7) is 13.5. The maximum Gasteiger partial charge on any atom is 0.258 e. The Bertz CT molecular complexity index is 919. The van der Waals surface area contributed by atoms with Gasteiger partial charge in [-0.05, 0) is 58.3 Å². The standard InChI is InChI=1S/C25H32F2O2Si/c1-15(2)30(16(3)4,17(5)6)29-20-10-11-21-18(12-20)8-7-9-22(21)25-23(26)13-19(28)14-24(25)27/h9-17,28H,7-8H2,1-6H3. The molecule has 0 bridgehead atoms. The minimum atomic E-state index is -2.08. The van der Waals surface area contributed by atoms with Crippen LogP contribution in [0.15, 0.2) is 36.4 Å². The lowest BCUT2D eigenvalue weighted by Gasteiger charge is -2.42. The predicted molar refractivity (Wildman–Crippen MR) is 122 cm³/mol. The van der Waals surface area contributed by atoms with Crippen molar-refractivity contribution >= 4 is 13.9 Å².